The normalized spacial score (nSPS) is 23.3. The lowest BCUT2D eigenvalue weighted by Crippen LogP contribution is -2.47. The van der Waals surface area contributed by atoms with E-state index in [2.05, 4.69) is 12.6 Å². The van der Waals surface area contributed by atoms with Crippen molar-refractivity contribution in [3.63, 3.8) is 0 Å². The molecule has 1 aliphatic heterocycles. The first kappa shape index (κ1) is 19.1. The van der Waals surface area contributed by atoms with Crippen LogP contribution >= 0.6 is 0 Å². The highest BCUT2D eigenvalue weighted by molar-refractivity contribution is 5.82. The second kappa shape index (κ2) is 6.48. The van der Waals surface area contributed by atoms with Crippen LogP contribution in [-0.4, -0.2) is 17.9 Å². The number of rotatable bonds is 3. The molecule has 0 spiro atoms. The van der Waals surface area contributed by atoms with E-state index in [0.717, 1.165) is 29.3 Å². The van der Waals surface area contributed by atoms with Crippen molar-refractivity contribution in [3.8, 4) is 0 Å². The maximum atomic E-state index is 13.6. The summed E-state index contributed by atoms with van der Waals surface area (Å²) in [7, 11) is 1.82. The van der Waals surface area contributed by atoms with Gasteiger partial charge < -0.3 is 10.6 Å². The lowest BCUT2D eigenvalue weighted by molar-refractivity contribution is 0.0174. The summed E-state index contributed by atoms with van der Waals surface area (Å²) in [4.78, 5) is 6.55. The van der Waals surface area contributed by atoms with Crippen LogP contribution in [0, 0.1) is 6.92 Å². The van der Waals surface area contributed by atoms with Gasteiger partial charge >= 0.3 is 0 Å². The van der Waals surface area contributed by atoms with Gasteiger partial charge in [0.05, 0.1) is 11.5 Å². The second-order valence-corrected chi connectivity index (χ2v) is 7.48. The molecular formula is C22H25F2N3. The molecule has 3 nitrogen and oxygen atoms in total. The molecule has 0 saturated carbocycles. The van der Waals surface area contributed by atoms with Crippen LogP contribution in [0.5, 0.6) is 0 Å². The molecular weight excluding hydrogens is 344 g/mol. The van der Waals surface area contributed by atoms with Gasteiger partial charge in [0.2, 0.25) is 0 Å². The summed E-state index contributed by atoms with van der Waals surface area (Å²) in [5, 5.41) is 0. The van der Waals surface area contributed by atoms with Crippen LogP contribution in [-0.2, 0) is 11.5 Å². The Bertz CT molecular complexity index is 897. The predicted octanol–water partition coefficient (Wildman–Crippen LogP) is 4.88. The Morgan fingerprint density at radius 1 is 1.19 bits per heavy atom. The van der Waals surface area contributed by atoms with Crippen LogP contribution in [0.4, 0.5) is 8.78 Å². The quantitative estimate of drug-likeness (QED) is 0.838. The van der Waals surface area contributed by atoms with E-state index >= 15 is 0 Å². The van der Waals surface area contributed by atoms with Crippen LogP contribution in [0.2, 0.25) is 0 Å². The SMILES string of the molecule is C=C1[C@@H](c2ccc(C(C)(F)F)cc2)[C@@](C)(c2cccc(C)c2)N=C(N)N1C. The highest BCUT2D eigenvalue weighted by Crippen LogP contribution is 2.47. The first-order valence-corrected chi connectivity index (χ1v) is 8.87. The van der Waals surface area contributed by atoms with Crippen molar-refractivity contribution in [2.45, 2.75) is 38.2 Å². The van der Waals surface area contributed by atoms with Gasteiger partial charge in [0, 0.05) is 25.2 Å². The van der Waals surface area contributed by atoms with Gasteiger partial charge in [-0.05, 0) is 25.0 Å². The van der Waals surface area contributed by atoms with Crippen LogP contribution in [0.25, 0.3) is 0 Å². The number of alkyl halides is 2. The maximum absolute atomic E-state index is 13.6. The van der Waals surface area contributed by atoms with Crippen LogP contribution in [0.15, 0.2) is 65.8 Å². The van der Waals surface area contributed by atoms with Gasteiger partial charge in [-0.15, -0.1) is 0 Å². The molecule has 0 bridgehead atoms. The molecule has 1 aliphatic rings. The molecule has 0 radical (unpaired) electrons. The highest BCUT2D eigenvalue weighted by atomic mass is 19.3. The number of guanidine groups is 1. The third-order valence-electron chi connectivity index (χ3n) is 5.37. The topological polar surface area (TPSA) is 41.6 Å². The summed E-state index contributed by atoms with van der Waals surface area (Å²) >= 11 is 0. The Morgan fingerprint density at radius 3 is 2.37 bits per heavy atom. The fraction of sp³-hybridized carbons (Fsp3) is 0.318. The van der Waals surface area contributed by atoms with Crippen molar-refractivity contribution in [2.75, 3.05) is 7.05 Å². The largest absolute Gasteiger partial charge is 0.370 e. The number of aliphatic imine (C=N–C) groups is 1. The zero-order chi connectivity index (χ0) is 20.0. The minimum absolute atomic E-state index is 0.0127. The van der Waals surface area contributed by atoms with Crippen molar-refractivity contribution in [2.24, 2.45) is 10.7 Å². The van der Waals surface area contributed by atoms with Gasteiger partial charge in [0.1, 0.15) is 0 Å². The van der Waals surface area contributed by atoms with Crippen LogP contribution < -0.4 is 5.73 Å². The number of halogens is 2. The third-order valence-corrected chi connectivity index (χ3v) is 5.37. The Morgan fingerprint density at radius 2 is 1.81 bits per heavy atom. The Kier molecular flexibility index (Phi) is 4.58. The summed E-state index contributed by atoms with van der Waals surface area (Å²) < 4.78 is 27.2. The monoisotopic (exact) mass is 369 g/mol. The smallest absolute Gasteiger partial charge is 0.270 e. The minimum Gasteiger partial charge on any atom is -0.370 e. The van der Waals surface area contributed by atoms with E-state index in [4.69, 9.17) is 10.7 Å². The van der Waals surface area contributed by atoms with E-state index in [9.17, 15) is 8.78 Å². The zero-order valence-corrected chi connectivity index (χ0v) is 16.1. The summed E-state index contributed by atoms with van der Waals surface area (Å²) in [5.41, 5.74) is 9.24. The van der Waals surface area contributed by atoms with Crippen molar-refractivity contribution in [1.29, 1.82) is 0 Å². The standard InChI is InChI=1S/C22H25F2N3/c1-14-7-6-8-18(13-14)21(3)19(15(2)27(5)20(25)26-21)16-9-11-17(12-10-16)22(4,23)24/h6-13,19H,2H2,1,3-5H3,(H2,25,26)/t19-,21+/m0/s1. The van der Waals surface area contributed by atoms with E-state index in [1.807, 2.05) is 39.1 Å². The number of aryl methyl sites for hydroxylation is 1. The summed E-state index contributed by atoms with van der Waals surface area (Å²) in [6, 6.07) is 14.5. The van der Waals surface area contributed by atoms with E-state index < -0.39 is 11.5 Å². The summed E-state index contributed by atoms with van der Waals surface area (Å²) in [6.45, 7) is 9.17. The summed E-state index contributed by atoms with van der Waals surface area (Å²) in [6.07, 6.45) is 0. The van der Waals surface area contributed by atoms with Crippen molar-refractivity contribution in [1.82, 2.24) is 4.90 Å². The molecule has 2 aromatic carbocycles. The Hall–Kier alpha value is -2.69. The van der Waals surface area contributed by atoms with Crippen LogP contribution in [0.3, 0.4) is 0 Å². The van der Waals surface area contributed by atoms with Crippen molar-refractivity contribution >= 4 is 5.96 Å². The summed E-state index contributed by atoms with van der Waals surface area (Å²) in [5.74, 6) is -2.71. The lowest BCUT2D eigenvalue weighted by atomic mass is 9.73. The number of likely N-dealkylation sites (N-methyl/N-ethyl adjacent to an activating group) is 1. The first-order chi connectivity index (χ1) is 12.5. The maximum Gasteiger partial charge on any atom is 0.270 e. The molecule has 0 saturated heterocycles. The molecule has 0 fully saturated rings. The van der Waals surface area contributed by atoms with Gasteiger partial charge in [0.15, 0.2) is 5.96 Å². The zero-order valence-electron chi connectivity index (χ0n) is 16.1. The number of nitrogens with zero attached hydrogens (tertiary/aromatic N) is 2. The van der Waals surface area contributed by atoms with Gasteiger partial charge in [-0.2, -0.15) is 0 Å². The van der Waals surface area contributed by atoms with Gasteiger partial charge in [-0.25, -0.2) is 13.8 Å². The molecule has 0 amide bonds. The van der Waals surface area contributed by atoms with E-state index in [1.165, 1.54) is 12.1 Å². The molecule has 1 heterocycles. The molecule has 0 aliphatic carbocycles. The average molecular weight is 369 g/mol. The van der Waals surface area contributed by atoms with Crippen molar-refractivity contribution in [3.05, 3.63) is 83.1 Å². The molecule has 27 heavy (non-hydrogen) atoms. The van der Waals surface area contributed by atoms with E-state index in [1.54, 1.807) is 17.0 Å². The number of nitrogens with two attached hydrogens (primary N) is 1. The number of hydrogen-bond donors (Lipinski definition) is 1. The van der Waals surface area contributed by atoms with Gasteiger partial charge in [-0.1, -0.05) is 60.7 Å². The fourth-order valence-corrected chi connectivity index (χ4v) is 3.72. The molecule has 2 aromatic rings. The fourth-order valence-electron chi connectivity index (χ4n) is 3.72. The molecule has 2 atom stereocenters. The molecule has 5 heteroatoms. The van der Waals surface area contributed by atoms with Gasteiger partial charge in [0.25, 0.3) is 5.92 Å². The average Bonchev–Trinajstić information content (AvgIpc) is 2.59. The second-order valence-electron chi connectivity index (χ2n) is 7.48. The molecule has 0 unspecified atom stereocenters. The van der Waals surface area contributed by atoms with Gasteiger partial charge in [-0.3, -0.25) is 0 Å². The number of hydrogen-bond acceptors (Lipinski definition) is 3. The van der Waals surface area contributed by atoms with Crippen LogP contribution in [0.1, 0.15) is 42.0 Å². The highest BCUT2D eigenvalue weighted by Gasteiger charge is 2.44. The Labute approximate surface area is 159 Å². The number of benzene rings is 2. The Balaban J connectivity index is 2.16. The first-order valence-electron chi connectivity index (χ1n) is 8.87. The molecule has 142 valence electrons. The predicted molar refractivity (Wildman–Crippen MR) is 106 cm³/mol. The molecule has 3 rings (SSSR count). The lowest BCUT2D eigenvalue weighted by Gasteiger charge is -2.44. The van der Waals surface area contributed by atoms with E-state index in [0.29, 0.717) is 5.96 Å². The minimum atomic E-state index is -2.87. The van der Waals surface area contributed by atoms with E-state index in [-0.39, 0.29) is 11.5 Å². The molecule has 2 N–H and O–H groups in total. The molecule has 0 aromatic heterocycles. The third kappa shape index (κ3) is 3.34. The van der Waals surface area contributed by atoms with Crippen molar-refractivity contribution < 1.29 is 8.78 Å².